The highest BCUT2D eigenvalue weighted by Gasteiger charge is 2.35. The third-order valence-corrected chi connectivity index (χ3v) is 8.26. The summed E-state index contributed by atoms with van der Waals surface area (Å²) in [6.45, 7) is 2.95. The van der Waals surface area contributed by atoms with E-state index in [1.165, 1.54) is 21.2 Å². The molecule has 1 unspecified atom stereocenters. The molecule has 2 aliphatic rings. The van der Waals surface area contributed by atoms with Crippen molar-refractivity contribution < 1.29 is 27.5 Å². The minimum Gasteiger partial charge on any atom is -0.379 e. The van der Waals surface area contributed by atoms with Gasteiger partial charge in [-0.25, -0.2) is 5.01 Å². The van der Waals surface area contributed by atoms with Crippen molar-refractivity contribution in [2.75, 3.05) is 45.9 Å². The molecule has 3 heterocycles. The van der Waals surface area contributed by atoms with Gasteiger partial charge in [-0.05, 0) is 53.4 Å². The summed E-state index contributed by atoms with van der Waals surface area (Å²) >= 11 is 7.62. The molecule has 1 saturated heterocycles. The first-order chi connectivity index (χ1) is 19.7. The van der Waals surface area contributed by atoms with E-state index in [4.69, 9.17) is 16.3 Å². The molecule has 41 heavy (non-hydrogen) atoms. The highest BCUT2D eigenvalue weighted by Crippen LogP contribution is 2.34. The summed E-state index contributed by atoms with van der Waals surface area (Å²) in [6.07, 6.45) is -4.02. The minimum absolute atomic E-state index is 0.0752. The van der Waals surface area contributed by atoms with E-state index in [1.807, 2.05) is 29.6 Å². The molecular formula is C29H28ClF3N4O3S. The van der Waals surface area contributed by atoms with E-state index in [0.29, 0.717) is 44.3 Å². The lowest BCUT2D eigenvalue weighted by atomic mass is 10.0. The van der Waals surface area contributed by atoms with E-state index >= 15 is 0 Å². The zero-order valence-corrected chi connectivity index (χ0v) is 23.6. The molecule has 5 rings (SSSR count). The maximum Gasteiger partial charge on any atom is 0.416 e. The molecule has 3 aromatic rings. The predicted octanol–water partition coefficient (Wildman–Crippen LogP) is 5.57. The van der Waals surface area contributed by atoms with Crippen molar-refractivity contribution >= 4 is 40.5 Å². The molecule has 216 valence electrons. The van der Waals surface area contributed by atoms with E-state index in [9.17, 15) is 22.8 Å². The normalized spacial score (nSPS) is 17.9. The first-order valence-electron chi connectivity index (χ1n) is 13.1. The number of thiophene rings is 1. The summed E-state index contributed by atoms with van der Waals surface area (Å²) in [4.78, 5) is 31.8. The smallest absolute Gasteiger partial charge is 0.379 e. The molecule has 0 N–H and O–H groups in total. The second-order valence-corrected chi connectivity index (χ2v) is 11.2. The molecule has 12 heteroatoms. The molecule has 1 aromatic heterocycles. The summed E-state index contributed by atoms with van der Waals surface area (Å²) in [6, 6.07) is 14.7. The Morgan fingerprint density at radius 1 is 1.05 bits per heavy atom. The van der Waals surface area contributed by atoms with Crippen LogP contribution in [0.15, 0.2) is 71.1 Å². The maximum absolute atomic E-state index is 13.8. The Balaban J connectivity index is 1.39. The van der Waals surface area contributed by atoms with Crippen molar-refractivity contribution in [1.82, 2.24) is 14.8 Å². The van der Waals surface area contributed by atoms with Crippen LogP contribution >= 0.6 is 22.9 Å². The lowest BCUT2D eigenvalue weighted by molar-refractivity contribution is -0.137. The second kappa shape index (κ2) is 12.7. The number of hydrogen-bond acceptors (Lipinski definition) is 6. The van der Waals surface area contributed by atoms with Gasteiger partial charge in [0.1, 0.15) is 6.54 Å². The number of alkyl halides is 3. The summed E-state index contributed by atoms with van der Waals surface area (Å²) in [7, 11) is 0. The largest absolute Gasteiger partial charge is 0.416 e. The molecule has 2 aliphatic heterocycles. The van der Waals surface area contributed by atoms with Gasteiger partial charge in [-0.3, -0.25) is 14.5 Å². The Morgan fingerprint density at radius 3 is 2.39 bits per heavy atom. The first kappa shape index (κ1) is 29.2. The summed E-state index contributed by atoms with van der Waals surface area (Å²) < 4.78 is 44.7. The number of morpholine rings is 1. The molecule has 2 amide bonds. The van der Waals surface area contributed by atoms with Crippen molar-refractivity contribution in [3.8, 4) is 0 Å². The molecule has 0 saturated carbocycles. The fourth-order valence-corrected chi connectivity index (χ4v) is 5.68. The Labute approximate surface area is 244 Å². The molecule has 2 aromatic carbocycles. The lowest BCUT2D eigenvalue weighted by Crippen LogP contribution is -2.46. The molecule has 1 fully saturated rings. The average Bonchev–Trinajstić information content (AvgIpc) is 3.66. The van der Waals surface area contributed by atoms with E-state index in [0.717, 1.165) is 40.4 Å². The standard InChI is InChI=1S/C29H28ClF3N4O3S/c30-23-9-5-20(6-10-23)25-18-24(26-2-1-17-41-26)34-37(25)27(38)19-36(12-11-35-13-15-40-16-14-35)28(39)21-3-7-22(8-4-21)29(31,32)33/h1-10,17,25H,11-16,18-19H2. The van der Waals surface area contributed by atoms with Gasteiger partial charge in [-0.2, -0.15) is 18.3 Å². The third-order valence-electron chi connectivity index (χ3n) is 7.09. The van der Waals surface area contributed by atoms with Crippen LogP contribution in [0.5, 0.6) is 0 Å². The van der Waals surface area contributed by atoms with Crippen LogP contribution in [0.3, 0.4) is 0 Å². The van der Waals surface area contributed by atoms with Crippen molar-refractivity contribution in [2.45, 2.75) is 18.6 Å². The number of hydrogen-bond donors (Lipinski definition) is 0. The van der Waals surface area contributed by atoms with Crippen molar-refractivity contribution in [1.29, 1.82) is 0 Å². The van der Waals surface area contributed by atoms with E-state index in [1.54, 1.807) is 12.1 Å². The summed E-state index contributed by atoms with van der Waals surface area (Å²) in [5, 5.41) is 8.60. The number of nitrogens with zero attached hydrogens (tertiary/aromatic N) is 4. The SMILES string of the molecule is O=C(c1ccc(C(F)(F)F)cc1)N(CCN1CCOCC1)CC(=O)N1N=C(c2cccs2)CC1c1ccc(Cl)cc1. The van der Waals surface area contributed by atoms with Crippen LogP contribution in [0.2, 0.25) is 5.02 Å². The van der Waals surface area contributed by atoms with Crippen LogP contribution in [-0.4, -0.2) is 78.3 Å². The molecule has 0 radical (unpaired) electrons. The quantitative estimate of drug-likeness (QED) is 0.337. The van der Waals surface area contributed by atoms with Gasteiger partial charge in [0, 0.05) is 43.2 Å². The van der Waals surface area contributed by atoms with E-state index in [-0.39, 0.29) is 24.7 Å². The van der Waals surface area contributed by atoms with Crippen LogP contribution in [0, 0.1) is 0 Å². The van der Waals surface area contributed by atoms with Gasteiger partial charge in [0.25, 0.3) is 11.8 Å². The maximum atomic E-state index is 13.8. The number of carbonyl (C=O) groups is 2. The summed E-state index contributed by atoms with van der Waals surface area (Å²) in [5.74, 6) is -0.913. The minimum atomic E-state index is -4.52. The fraction of sp³-hybridized carbons (Fsp3) is 0.345. The van der Waals surface area contributed by atoms with E-state index in [2.05, 4.69) is 10.0 Å². The molecule has 0 aliphatic carbocycles. The molecule has 0 spiro atoms. The molecule has 1 atom stereocenters. The van der Waals surface area contributed by atoms with Gasteiger partial charge in [0.05, 0.1) is 35.4 Å². The second-order valence-electron chi connectivity index (χ2n) is 9.79. The predicted molar refractivity (Wildman–Crippen MR) is 151 cm³/mol. The zero-order chi connectivity index (χ0) is 29.0. The number of rotatable bonds is 8. The third kappa shape index (κ3) is 7.16. The molecule has 0 bridgehead atoms. The lowest BCUT2D eigenvalue weighted by Gasteiger charge is -2.31. The number of ether oxygens (including phenoxy) is 1. The Bertz CT molecular complexity index is 1380. The van der Waals surface area contributed by atoms with Gasteiger partial charge in [-0.1, -0.05) is 29.8 Å². The zero-order valence-electron chi connectivity index (χ0n) is 22.0. The van der Waals surface area contributed by atoms with Crippen LogP contribution in [0.4, 0.5) is 13.2 Å². The van der Waals surface area contributed by atoms with Crippen LogP contribution in [-0.2, 0) is 15.7 Å². The topological polar surface area (TPSA) is 65.5 Å². The van der Waals surface area contributed by atoms with Crippen LogP contribution < -0.4 is 0 Å². The number of amides is 2. The number of benzene rings is 2. The van der Waals surface area contributed by atoms with Gasteiger partial charge >= 0.3 is 6.18 Å². The van der Waals surface area contributed by atoms with E-state index < -0.39 is 23.6 Å². The highest BCUT2D eigenvalue weighted by atomic mass is 35.5. The molecular weight excluding hydrogens is 577 g/mol. The van der Waals surface area contributed by atoms with Gasteiger partial charge in [0.15, 0.2) is 0 Å². The Hall–Kier alpha value is -3.25. The highest BCUT2D eigenvalue weighted by molar-refractivity contribution is 7.12. The van der Waals surface area contributed by atoms with Crippen LogP contribution in [0.25, 0.3) is 0 Å². The number of halogens is 4. The summed E-state index contributed by atoms with van der Waals surface area (Å²) in [5.41, 5.74) is 0.851. The monoisotopic (exact) mass is 604 g/mol. The molecule has 7 nitrogen and oxygen atoms in total. The fourth-order valence-electron chi connectivity index (χ4n) is 4.84. The van der Waals surface area contributed by atoms with Crippen molar-refractivity contribution in [3.05, 3.63) is 92.6 Å². The first-order valence-corrected chi connectivity index (χ1v) is 14.4. The van der Waals surface area contributed by atoms with Crippen molar-refractivity contribution in [2.24, 2.45) is 5.10 Å². The van der Waals surface area contributed by atoms with Gasteiger partial charge in [0.2, 0.25) is 0 Å². The van der Waals surface area contributed by atoms with Crippen LogP contribution in [0.1, 0.15) is 38.8 Å². The average molecular weight is 605 g/mol. The van der Waals surface area contributed by atoms with Gasteiger partial charge in [-0.15, -0.1) is 11.3 Å². The Morgan fingerprint density at radius 2 is 1.76 bits per heavy atom. The number of hydrazone groups is 1. The number of carbonyl (C=O) groups excluding carboxylic acids is 2. The van der Waals surface area contributed by atoms with Gasteiger partial charge < -0.3 is 9.64 Å². The van der Waals surface area contributed by atoms with Crippen molar-refractivity contribution in [3.63, 3.8) is 0 Å². The Kier molecular flexibility index (Phi) is 9.08.